The Morgan fingerprint density at radius 1 is 1.16 bits per heavy atom. The fourth-order valence-electron chi connectivity index (χ4n) is 5.35. The quantitative estimate of drug-likeness (QED) is 0.805. The number of ether oxygens (including phenoxy) is 1. The molecule has 3 atom stereocenters. The van der Waals surface area contributed by atoms with Gasteiger partial charge in [-0.1, -0.05) is 13.0 Å². The highest BCUT2D eigenvalue weighted by atomic mass is 16.5. The summed E-state index contributed by atoms with van der Waals surface area (Å²) in [5.41, 5.74) is 4.43. The molecule has 1 aliphatic carbocycles. The minimum atomic E-state index is 0.103. The van der Waals surface area contributed by atoms with Crippen molar-refractivity contribution in [1.82, 2.24) is 4.98 Å². The first kappa shape index (κ1) is 20.3. The van der Waals surface area contributed by atoms with E-state index >= 15 is 0 Å². The van der Waals surface area contributed by atoms with Crippen molar-refractivity contribution in [3.8, 4) is 0 Å². The van der Waals surface area contributed by atoms with E-state index in [1.807, 2.05) is 25.1 Å². The van der Waals surface area contributed by atoms with Gasteiger partial charge in [0.2, 0.25) is 5.91 Å². The molecule has 1 saturated heterocycles. The average molecular weight is 421 g/mol. The van der Waals surface area contributed by atoms with Crippen LogP contribution in [0, 0.1) is 18.8 Å². The molecule has 2 aliphatic heterocycles. The standard InChI is InChI=1S/C25H32N4O2/c1-16-5-4-6-23(26-16)27-24-17(2)25(19-7-8-19)29(18(3)30)22-10-9-20(15-21(22)24)28-11-13-31-14-12-28/h4-6,9-10,15,17,19,24-25H,7-8,11-14H2,1-3H3,(H,26,27)/t17-,24?,25?/m1/s1. The number of amides is 1. The van der Waals surface area contributed by atoms with Crippen molar-refractivity contribution in [2.75, 3.05) is 41.4 Å². The van der Waals surface area contributed by atoms with Gasteiger partial charge in [-0.05, 0) is 56.0 Å². The summed E-state index contributed by atoms with van der Waals surface area (Å²) in [6.07, 6.45) is 2.41. The second-order valence-electron chi connectivity index (χ2n) is 9.20. The lowest BCUT2D eigenvalue weighted by Crippen LogP contribution is -2.51. The molecule has 2 fully saturated rings. The molecule has 6 heteroatoms. The Bertz CT molecular complexity index is 968. The van der Waals surface area contributed by atoms with Gasteiger partial charge in [0.25, 0.3) is 0 Å². The Labute approximate surface area is 184 Å². The number of morpholine rings is 1. The third kappa shape index (κ3) is 3.89. The lowest BCUT2D eigenvalue weighted by atomic mass is 9.79. The third-order valence-corrected chi connectivity index (χ3v) is 6.98. The second-order valence-corrected chi connectivity index (χ2v) is 9.20. The number of aromatic nitrogens is 1. The zero-order valence-corrected chi connectivity index (χ0v) is 18.7. The Balaban J connectivity index is 1.58. The maximum atomic E-state index is 12.8. The number of carbonyl (C=O) groups is 1. The van der Waals surface area contributed by atoms with Crippen molar-refractivity contribution in [2.24, 2.45) is 11.8 Å². The third-order valence-electron chi connectivity index (χ3n) is 6.98. The Kier molecular flexibility index (Phi) is 5.34. The first-order chi connectivity index (χ1) is 15.0. The van der Waals surface area contributed by atoms with Gasteiger partial charge in [0.15, 0.2) is 0 Å². The van der Waals surface area contributed by atoms with Crippen LogP contribution in [0.5, 0.6) is 0 Å². The van der Waals surface area contributed by atoms with Crippen LogP contribution in [0.25, 0.3) is 0 Å². The summed E-state index contributed by atoms with van der Waals surface area (Å²) in [7, 11) is 0. The molecule has 2 unspecified atom stereocenters. The molecule has 1 aromatic heterocycles. The zero-order valence-electron chi connectivity index (χ0n) is 18.7. The Morgan fingerprint density at radius 2 is 1.94 bits per heavy atom. The average Bonchev–Trinajstić information content (AvgIpc) is 3.60. The van der Waals surface area contributed by atoms with Crippen molar-refractivity contribution in [3.05, 3.63) is 47.7 Å². The highest BCUT2D eigenvalue weighted by Gasteiger charge is 2.47. The molecule has 2 aromatic rings. The van der Waals surface area contributed by atoms with E-state index < -0.39 is 0 Å². The predicted molar refractivity (Wildman–Crippen MR) is 124 cm³/mol. The number of fused-ring (bicyclic) bond motifs is 1. The van der Waals surface area contributed by atoms with Gasteiger partial charge < -0.3 is 19.9 Å². The van der Waals surface area contributed by atoms with Gasteiger partial charge in [-0.2, -0.15) is 0 Å². The number of pyridine rings is 1. The van der Waals surface area contributed by atoms with Crippen molar-refractivity contribution in [1.29, 1.82) is 0 Å². The number of anilines is 3. The van der Waals surface area contributed by atoms with E-state index in [-0.39, 0.29) is 23.9 Å². The fraction of sp³-hybridized carbons (Fsp3) is 0.520. The lowest BCUT2D eigenvalue weighted by Gasteiger charge is -2.46. The molecule has 0 spiro atoms. The minimum Gasteiger partial charge on any atom is -0.378 e. The van der Waals surface area contributed by atoms with E-state index in [9.17, 15) is 4.79 Å². The smallest absolute Gasteiger partial charge is 0.224 e. The van der Waals surface area contributed by atoms with Crippen LogP contribution >= 0.6 is 0 Å². The van der Waals surface area contributed by atoms with Gasteiger partial charge in [-0.3, -0.25) is 4.79 Å². The number of rotatable bonds is 4. The van der Waals surface area contributed by atoms with Crippen molar-refractivity contribution >= 4 is 23.1 Å². The van der Waals surface area contributed by atoms with Crippen LogP contribution in [-0.2, 0) is 9.53 Å². The molecule has 1 N–H and O–H groups in total. The minimum absolute atomic E-state index is 0.103. The topological polar surface area (TPSA) is 57.7 Å². The maximum Gasteiger partial charge on any atom is 0.224 e. The van der Waals surface area contributed by atoms with Crippen LogP contribution in [0.1, 0.15) is 44.0 Å². The number of hydrogen-bond donors (Lipinski definition) is 1. The van der Waals surface area contributed by atoms with Crippen LogP contribution in [0.3, 0.4) is 0 Å². The summed E-state index contributed by atoms with van der Waals surface area (Å²) in [6, 6.07) is 13.0. The van der Waals surface area contributed by atoms with Crippen molar-refractivity contribution < 1.29 is 9.53 Å². The molecule has 1 saturated carbocycles. The molecule has 1 amide bonds. The first-order valence-electron chi connectivity index (χ1n) is 11.5. The second kappa shape index (κ2) is 8.15. The van der Waals surface area contributed by atoms with Gasteiger partial charge >= 0.3 is 0 Å². The molecule has 3 aliphatic rings. The molecule has 31 heavy (non-hydrogen) atoms. The van der Waals surface area contributed by atoms with E-state index in [0.29, 0.717) is 5.92 Å². The highest BCUT2D eigenvalue weighted by Crippen LogP contribution is 2.50. The molecule has 0 radical (unpaired) electrons. The summed E-state index contributed by atoms with van der Waals surface area (Å²) >= 11 is 0. The SMILES string of the molecule is CC(=O)N1c2ccc(N3CCOCC3)cc2C(Nc2cccc(C)n2)[C@@H](C)C1C1CC1. The number of aryl methyl sites for hydroxylation is 1. The van der Waals surface area contributed by atoms with Crippen LogP contribution < -0.4 is 15.1 Å². The van der Waals surface area contributed by atoms with Gasteiger partial charge in [-0.15, -0.1) is 0 Å². The zero-order chi connectivity index (χ0) is 21.5. The number of nitrogens with one attached hydrogen (secondary N) is 1. The van der Waals surface area contributed by atoms with E-state index in [1.54, 1.807) is 6.92 Å². The predicted octanol–water partition coefficient (Wildman–Crippen LogP) is 4.16. The monoisotopic (exact) mass is 420 g/mol. The summed E-state index contributed by atoms with van der Waals surface area (Å²) < 4.78 is 5.54. The van der Waals surface area contributed by atoms with Crippen molar-refractivity contribution in [3.63, 3.8) is 0 Å². The number of hydrogen-bond acceptors (Lipinski definition) is 5. The van der Waals surface area contributed by atoms with Gasteiger partial charge in [0.05, 0.1) is 19.3 Å². The molecule has 1 aromatic carbocycles. The van der Waals surface area contributed by atoms with Crippen LogP contribution in [-0.4, -0.2) is 43.2 Å². The van der Waals surface area contributed by atoms with Crippen LogP contribution in [0.4, 0.5) is 17.2 Å². The largest absolute Gasteiger partial charge is 0.378 e. The molecule has 6 nitrogen and oxygen atoms in total. The van der Waals surface area contributed by atoms with Gasteiger partial charge in [0, 0.05) is 54.6 Å². The summed E-state index contributed by atoms with van der Waals surface area (Å²) in [4.78, 5) is 22.0. The van der Waals surface area contributed by atoms with E-state index in [4.69, 9.17) is 9.72 Å². The summed E-state index contributed by atoms with van der Waals surface area (Å²) in [6.45, 7) is 9.32. The van der Waals surface area contributed by atoms with E-state index in [1.165, 1.54) is 24.1 Å². The van der Waals surface area contributed by atoms with E-state index in [2.05, 4.69) is 40.2 Å². The Morgan fingerprint density at radius 3 is 2.61 bits per heavy atom. The fourth-order valence-corrected chi connectivity index (χ4v) is 5.35. The molecule has 5 rings (SSSR count). The Hall–Kier alpha value is -2.60. The number of nitrogens with zero attached hydrogens (tertiary/aromatic N) is 3. The summed E-state index contributed by atoms with van der Waals surface area (Å²) in [5, 5.41) is 3.74. The highest BCUT2D eigenvalue weighted by molar-refractivity contribution is 5.94. The van der Waals surface area contributed by atoms with Crippen LogP contribution in [0.15, 0.2) is 36.4 Å². The normalized spacial score (nSPS) is 25.8. The number of benzene rings is 1. The molecular formula is C25H32N4O2. The van der Waals surface area contributed by atoms with E-state index in [0.717, 1.165) is 43.5 Å². The van der Waals surface area contributed by atoms with Crippen molar-refractivity contribution in [2.45, 2.75) is 45.7 Å². The lowest BCUT2D eigenvalue weighted by molar-refractivity contribution is -0.117. The summed E-state index contributed by atoms with van der Waals surface area (Å²) in [5.74, 6) is 1.90. The molecular weight excluding hydrogens is 388 g/mol. The molecule has 3 heterocycles. The van der Waals surface area contributed by atoms with Gasteiger partial charge in [0.1, 0.15) is 5.82 Å². The maximum absolute atomic E-state index is 12.8. The van der Waals surface area contributed by atoms with Gasteiger partial charge in [-0.25, -0.2) is 4.98 Å². The molecule has 164 valence electrons. The first-order valence-corrected chi connectivity index (χ1v) is 11.5. The van der Waals surface area contributed by atoms with Crippen LogP contribution in [0.2, 0.25) is 0 Å². The molecule has 0 bridgehead atoms. The number of carbonyl (C=O) groups excluding carboxylic acids is 1.